The molecule has 0 aromatic rings. The van der Waals surface area contributed by atoms with E-state index in [-0.39, 0.29) is 94.1 Å². The van der Waals surface area contributed by atoms with Crippen molar-refractivity contribution in [3.63, 3.8) is 0 Å². The molecule has 1 aliphatic heterocycles. The first kappa shape index (κ1) is 43.6. The summed E-state index contributed by atoms with van der Waals surface area (Å²) in [7, 11) is 0. The quantitative estimate of drug-likeness (QED) is 0.260. The Morgan fingerprint density at radius 3 is 1.49 bits per heavy atom. The number of carbonyl (C=O) groups excluding carboxylic acids is 2. The number of nitrogens with zero attached hydrogens (tertiary/aromatic N) is 4. The van der Waals surface area contributed by atoms with E-state index in [2.05, 4.69) is 6.92 Å². The van der Waals surface area contributed by atoms with Crippen LogP contribution in [0.3, 0.4) is 0 Å². The molecule has 1 saturated carbocycles. The molecule has 0 spiro atoms. The molecule has 1 saturated heterocycles. The van der Waals surface area contributed by atoms with Crippen LogP contribution in [0.15, 0.2) is 0 Å². The fraction of sp³-hybridized carbons (Fsp3) is 0.800. The van der Waals surface area contributed by atoms with Crippen LogP contribution >= 0.6 is 0 Å². The Morgan fingerprint density at radius 2 is 1.21 bits per heavy atom. The van der Waals surface area contributed by atoms with Crippen LogP contribution in [-0.2, 0) is 35.4 Å². The monoisotopic (exact) mass is 881 g/mol. The second-order valence-electron chi connectivity index (χ2n) is 9.77. The van der Waals surface area contributed by atoms with Crippen molar-refractivity contribution < 1.29 is 95.8 Å². The SMILES string of the molecule is CC(O)CN1CCN(CC(=O)[O-])CCN(CC(=O)O)CCN(CC(=O)[O-])CC1.[CH2-]C1CCCCC1[NH-].[CH3-].[Gd].[Pt]. The van der Waals surface area contributed by atoms with E-state index in [1.54, 1.807) is 21.6 Å². The average molecular weight is 881 g/mol. The van der Waals surface area contributed by atoms with Gasteiger partial charge in [-0.3, -0.25) is 24.4 Å². The van der Waals surface area contributed by atoms with Crippen molar-refractivity contribution in [2.75, 3.05) is 78.5 Å². The molecule has 14 heteroatoms. The van der Waals surface area contributed by atoms with Gasteiger partial charge in [-0.25, -0.2) is 0 Å². The van der Waals surface area contributed by atoms with Gasteiger partial charge in [-0.1, -0.05) is 25.7 Å². The summed E-state index contributed by atoms with van der Waals surface area (Å²) in [5.74, 6) is -3.00. The summed E-state index contributed by atoms with van der Waals surface area (Å²) >= 11 is 0. The minimum Gasteiger partial charge on any atom is -0.677 e. The molecule has 12 nitrogen and oxygen atoms in total. The van der Waals surface area contributed by atoms with Crippen molar-refractivity contribution in [1.29, 1.82) is 0 Å². The number of carbonyl (C=O) groups is 3. The Balaban J connectivity index is -0.00000101. The van der Waals surface area contributed by atoms with Gasteiger partial charge in [0.05, 0.1) is 24.6 Å². The Bertz CT molecular complexity index is 639. The van der Waals surface area contributed by atoms with Gasteiger partial charge in [0.2, 0.25) is 0 Å². The molecule has 0 aromatic heterocycles. The standard InChI is InChI=1S/C17H32N4O7.C7H13N.CH3.Gd.Pt/c1-14(22)10-18-2-4-19(11-15(23)24)6-8-21(13-17(27)28)9-7-20(5-3-18)12-16(25)26;1-6-4-2-3-5-7(6)8;;;/h14,22H,2-13H2,1H3,(H,23,24)(H,25,26)(H,27,28);6-8H,1-5H2;1H3;;/q;-2;-1;;/p-2. The Labute approximate surface area is 280 Å². The molecular weight excluding hydrogens is 835 g/mol. The maximum absolute atomic E-state index is 11.1. The minimum atomic E-state index is -1.21. The molecule has 39 heavy (non-hydrogen) atoms. The number of hydrogen-bond donors (Lipinski definition) is 2. The smallest absolute Gasteiger partial charge is 0.317 e. The zero-order valence-electron chi connectivity index (χ0n) is 23.1. The summed E-state index contributed by atoms with van der Waals surface area (Å²) in [6.07, 6.45) is 4.22. The number of β-amino-alcohol motifs (C(OH)–C–C–N with tert-alkyl or cyclic N) is 1. The fourth-order valence-electron chi connectivity index (χ4n) is 4.37. The van der Waals surface area contributed by atoms with Gasteiger partial charge in [0, 0.05) is 133 Å². The van der Waals surface area contributed by atoms with Crippen LogP contribution in [0.2, 0.25) is 0 Å². The normalized spacial score (nSPS) is 23.1. The van der Waals surface area contributed by atoms with Crippen molar-refractivity contribution in [2.45, 2.75) is 44.8 Å². The summed E-state index contributed by atoms with van der Waals surface area (Å²) in [6.45, 7) is 8.28. The van der Waals surface area contributed by atoms with Gasteiger partial charge in [-0.2, -0.15) is 12.0 Å². The van der Waals surface area contributed by atoms with Crippen molar-refractivity contribution in [2.24, 2.45) is 5.92 Å². The first-order valence-corrected chi connectivity index (χ1v) is 12.7. The molecular formula is C25H46GdN5O7Pt-5. The first-order valence-electron chi connectivity index (χ1n) is 12.7. The zero-order valence-corrected chi connectivity index (χ0v) is 27.7. The van der Waals surface area contributed by atoms with Gasteiger partial charge in [-0.05, 0) is 6.92 Å². The van der Waals surface area contributed by atoms with E-state index in [4.69, 9.17) is 10.8 Å². The van der Waals surface area contributed by atoms with Crippen molar-refractivity contribution in [3.05, 3.63) is 20.1 Å². The number of aliphatic hydroxyl groups excluding tert-OH is 1. The summed E-state index contributed by atoms with van der Waals surface area (Å²) in [5.41, 5.74) is 7.42. The summed E-state index contributed by atoms with van der Waals surface area (Å²) in [4.78, 5) is 40.1. The van der Waals surface area contributed by atoms with Gasteiger partial charge in [0.1, 0.15) is 0 Å². The first-order chi connectivity index (χ1) is 17.0. The Hall–Kier alpha value is 0.183. The van der Waals surface area contributed by atoms with Crippen LogP contribution in [0.25, 0.3) is 5.73 Å². The van der Waals surface area contributed by atoms with E-state index in [9.17, 15) is 29.7 Å². The van der Waals surface area contributed by atoms with Crippen LogP contribution in [0.4, 0.5) is 0 Å². The topological polar surface area (TPSA) is 175 Å². The largest absolute Gasteiger partial charge is 0.677 e. The molecule has 0 amide bonds. The number of carboxylic acids is 3. The molecule has 1 aliphatic carbocycles. The summed E-state index contributed by atoms with van der Waals surface area (Å²) in [6, 6.07) is 0.142. The molecule has 2 fully saturated rings. The fourth-order valence-corrected chi connectivity index (χ4v) is 4.37. The molecule has 2 rings (SSSR count). The van der Waals surface area contributed by atoms with Crippen molar-refractivity contribution in [1.82, 2.24) is 19.6 Å². The molecule has 236 valence electrons. The summed E-state index contributed by atoms with van der Waals surface area (Å²) < 4.78 is 0. The predicted octanol–water partition coefficient (Wildman–Crippen LogP) is -1.95. The van der Waals surface area contributed by atoms with E-state index in [1.165, 1.54) is 19.3 Å². The number of carboxylic acid groups (broad SMARTS) is 3. The number of aliphatic carboxylic acids is 3. The predicted molar refractivity (Wildman–Crippen MR) is 137 cm³/mol. The number of nitrogens with one attached hydrogen (secondary N) is 1. The molecule has 0 aromatic carbocycles. The van der Waals surface area contributed by atoms with E-state index >= 15 is 0 Å². The van der Waals surface area contributed by atoms with E-state index in [0.717, 1.165) is 6.42 Å². The van der Waals surface area contributed by atoms with Gasteiger partial charge < -0.3 is 50.1 Å². The third kappa shape index (κ3) is 22.5. The maximum Gasteiger partial charge on any atom is 0.317 e. The molecule has 3 N–H and O–H groups in total. The van der Waals surface area contributed by atoms with Crippen LogP contribution in [0.1, 0.15) is 32.6 Å². The molecule has 2 aliphatic rings. The molecule has 0 bridgehead atoms. The van der Waals surface area contributed by atoms with E-state index < -0.39 is 24.0 Å². The van der Waals surface area contributed by atoms with Crippen LogP contribution in [-0.4, -0.2) is 138 Å². The number of hydrogen-bond acceptors (Lipinski definition) is 10. The third-order valence-electron chi connectivity index (χ3n) is 6.43. The molecule has 3 atom stereocenters. The minimum absolute atomic E-state index is 0. The second kappa shape index (κ2) is 24.8. The van der Waals surface area contributed by atoms with Crippen molar-refractivity contribution in [3.8, 4) is 0 Å². The Kier molecular flexibility index (Phi) is 27.7. The van der Waals surface area contributed by atoms with Gasteiger partial charge in [0.25, 0.3) is 0 Å². The van der Waals surface area contributed by atoms with Crippen LogP contribution in [0.5, 0.6) is 0 Å². The Morgan fingerprint density at radius 1 is 0.846 bits per heavy atom. The van der Waals surface area contributed by atoms with Crippen LogP contribution in [0, 0.1) is 60.2 Å². The molecule has 3 unspecified atom stereocenters. The molecule has 0 radical (unpaired) electrons. The van der Waals surface area contributed by atoms with E-state index in [0.29, 0.717) is 64.8 Å². The number of aliphatic hydroxyl groups is 1. The molecule has 1 heterocycles. The van der Waals surface area contributed by atoms with E-state index in [1.807, 2.05) is 4.90 Å². The maximum atomic E-state index is 11.1. The third-order valence-corrected chi connectivity index (χ3v) is 6.43. The zero-order chi connectivity index (χ0) is 27.1. The van der Waals surface area contributed by atoms with Gasteiger partial charge >= 0.3 is 5.97 Å². The van der Waals surface area contributed by atoms with Crippen molar-refractivity contribution >= 4 is 17.9 Å². The second-order valence-corrected chi connectivity index (χ2v) is 9.77. The average Bonchev–Trinajstić information content (AvgIpc) is 2.76. The van der Waals surface area contributed by atoms with Gasteiger partial charge in [-0.15, -0.1) is 0 Å². The number of rotatable bonds is 8. The van der Waals surface area contributed by atoms with Gasteiger partial charge in [0.15, 0.2) is 0 Å². The summed E-state index contributed by atoms with van der Waals surface area (Å²) in [5, 5.41) is 40.8. The van der Waals surface area contributed by atoms with Crippen LogP contribution < -0.4 is 10.2 Å².